The normalized spacial score (nSPS) is 12.4. The van der Waals surface area contributed by atoms with Crippen LogP contribution in [0.4, 0.5) is 0 Å². The molecule has 0 saturated heterocycles. The molecule has 0 N–H and O–H groups in total. The molecule has 0 aromatic carbocycles. The van der Waals surface area contributed by atoms with Crippen molar-refractivity contribution >= 4 is 6.21 Å². The summed E-state index contributed by atoms with van der Waals surface area (Å²) in [7, 11) is 1.77. The Hall–Kier alpha value is -0.850. The first-order valence-corrected chi connectivity index (χ1v) is 3.59. The van der Waals surface area contributed by atoms with Gasteiger partial charge in [-0.15, -0.1) is 0 Å². The number of nitrogens with zero attached hydrogens (tertiary/aromatic N) is 1. The second-order valence-corrected chi connectivity index (χ2v) is 2.10. The minimum atomic E-state index is 1.09. The molecule has 0 aromatic heterocycles. The second kappa shape index (κ2) is 6.27. The zero-order valence-corrected chi connectivity index (χ0v) is 6.80. The molecule has 0 aliphatic rings. The van der Waals surface area contributed by atoms with Crippen molar-refractivity contribution in [2.45, 2.75) is 19.8 Å². The average Bonchev–Trinajstić information content (AvgIpc) is 1.98. The fourth-order valence-electron chi connectivity index (χ4n) is 0.712. The van der Waals surface area contributed by atoms with Crippen molar-refractivity contribution in [1.29, 1.82) is 0 Å². The number of hydrogen-bond acceptors (Lipinski definition) is 1. The standard InChI is InChI=1S/C9H15N/c1-4-6-9(5-2)7-8-10-3/h5,7-8H,2,4,6H2,1,3H3/b9-7+,10-8?. The molecular formula is C9H15N. The maximum atomic E-state index is 3.86. The monoisotopic (exact) mass is 137 g/mol. The van der Waals surface area contributed by atoms with Gasteiger partial charge in [0.1, 0.15) is 0 Å². The first-order valence-electron chi connectivity index (χ1n) is 3.59. The number of rotatable bonds is 4. The summed E-state index contributed by atoms with van der Waals surface area (Å²) in [5, 5.41) is 0. The van der Waals surface area contributed by atoms with Crippen molar-refractivity contribution < 1.29 is 0 Å². The van der Waals surface area contributed by atoms with Crippen LogP contribution in [0.1, 0.15) is 19.8 Å². The first-order chi connectivity index (χ1) is 4.85. The minimum absolute atomic E-state index is 1.09. The average molecular weight is 137 g/mol. The maximum absolute atomic E-state index is 3.86. The lowest BCUT2D eigenvalue weighted by Gasteiger charge is -1.93. The molecule has 0 spiro atoms. The molecule has 0 fully saturated rings. The summed E-state index contributed by atoms with van der Waals surface area (Å²) in [6, 6.07) is 0. The van der Waals surface area contributed by atoms with Crippen LogP contribution in [0, 0.1) is 0 Å². The zero-order valence-electron chi connectivity index (χ0n) is 6.80. The Bertz CT molecular complexity index is 143. The molecule has 0 rings (SSSR count). The van der Waals surface area contributed by atoms with E-state index in [4.69, 9.17) is 0 Å². The molecule has 0 radical (unpaired) electrons. The van der Waals surface area contributed by atoms with Crippen molar-refractivity contribution in [3.05, 3.63) is 24.3 Å². The summed E-state index contributed by atoms with van der Waals surface area (Å²) in [6.45, 7) is 5.86. The summed E-state index contributed by atoms with van der Waals surface area (Å²) in [6.07, 6.45) is 7.93. The Morgan fingerprint density at radius 1 is 1.60 bits per heavy atom. The van der Waals surface area contributed by atoms with Crippen LogP contribution in [0.5, 0.6) is 0 Å². The van der Waals surface area contributed by atoms with Gasteiger partial charge in [0, 0.05) is 13.3 Å². The molecule has 0 bridgehead atoms. The van der Waals surface area contributed by atoms with Gasteiger partial charge in [0.25, 0.3) is 0 Å². The lowest BCUT2D eigenvalue weighted by Crippen LogP contribution is -1.77. The van der Waals surface area contributed by atoms with Gasteiger partial charge in [-0.3, -0.25) is 4.99 Å². The second-order valence-electron chi connectivity index (χ2n) is 2.10. The molecule has 0 aliphatic carbocycles. The molecule has 0 heterocycles. The quantitative estimate of drug-likeness (QED) is 0.417. The molecule has 0 aliphatic heterocycles. The van der Waals surface area contributed by atoms with Crippen LogP contribution in [0.3, 0.4) is 0 Å². The Morgan fingerprint density at radius 2 is 2.30 bits per heavy atom. The van der Waals surface area contributed by atoms with E-state index < -0.39 is 0 Å². The molecule has 56 valence electrons. The molecule has 1 nitrogen and oxygen atoms in total. The van der Waals surface area contributed by atoms with Crippen molar-refractivity contribution in [1.82, 2.24) is 0 Å². The first kappa shape index (κ1) is 9.15. The van der Waals surface area contributed by atoms with Gasteiger partial charge < -0.3 is 0 Å². The Morgan fingerprint density at radius 3 is 2.70 bits per heavy atom. The van der Waals surface area contributed by atoms with E-state index in [1.165, 1.54) is 5.57 Å². The van der Waals surface area contributed by atoms with E-state index in [0.717, 1.165) is 12.8 Å². The van der Waals surface area contributed by atoms with E-state index in [0.29, 0.717) is 0 Å². The van der Waals surface area contributed by atoms with Gasteiger partial charge >= 0.3 is 0 Å². The molecule has 0 saturated carbocycles. The van der Waals surface area contributed by atoms with Crippen molar-refractivity contribution in [2.24, 2.45) is 4.99 Å². The van der Waals surface area contributed by atoms with Gasteiger partial charge in [0.2, 0.25) is 0 Å². The molecule has 10 heavy (non-hydrogen) atoms. The van der Waals surface area contributed by atoms with Gasteiger partial charge in [-0.05, 0) is 18.1 Å². The zero-order chi connectivity index (χ0) is 7.82. The minimum Gasteiger partial charge on any atom is -0.297 e. The van der Waals surface area contributed by atoms with Crippen molar-refractivity contribution in [3.63, 3.8) is 0 Å². The number of hydrogen-bond donors (Lipinski definition) is 0. The lowest BCUT2D eigenvalue weighted by atomic mass is 10.1. The van der Waals surface area contributed by atoms with E-state index in [9.17, 15) is 0 Å². The van der Waals surface area contributed by atoms with Crippen LogP contribution in [0.2, 0.25) is 0 Å². The number of allylic oxidation sites excluding steroid dienone is 3. The molecule has 0 unspecified atom stereocenters. The largest absolute Gasteiger partial charge is 0.297 e. The molecular weight excluding hydrogens is 122 g/mol. The van der Waals surface area contributed by atoms with Crippen LogP contribution in [0.25, 0.3) is 0 Å². The van der Waals surface area contributed by atoms with E-state index >= 15 is 0 Å². The summed E-state index contributed by atoms with van der Waals surface area (Å²) >= 11 is 0. The van der Waals surface area contributed by atoms with Crippen LogP contribution in [0.15, 0.2) is 29.3 Å². The van der Waals surface area contributed by atoms with Crippen LogP contribution >= 0.6 is 0 Å². The topological polar surface area (TPSA) is 12.4 Å². The fraction of sp³-hybridized carbons (Fsp3) is 0.444. The van der Waals surface area contributed by atoms with Gasteiger partial charge in [-0.1, -0.05) is 26.0 Å². The SMILES string of the molecule is C=C/C(=C\C=NC)CCC. The third-order valence-electron chi connectivity index (χ3n) is 1.24. The van der Waals surface area contributed by atoms with Gasteiger partial charge in [-0.25, -0.2) is 0 Å². The molecule has 0 amide bonds. The third kappa shape index (κ3) is 4.07. The summed E-state index contributed by atoms with van der Waals surface area (Å²) in [5.74, 6) is 0. The van der Waals surface area contributed by atoms with Crippen molar-refractivity contribution in [2.75, 3.05) is 7.05 Å². The van der Waals surface area contributed by atoms with Crippen molar-refractivity contribution in [3.8, 4) is 0 Å². The van der Waals surface area contributed by atoms with Gasteiger partial charge in [0.05, 0.1) is 0 Å². The Balaban J connectivity index is 3.90. The highest BCUT2D eigenvalue weighted by Crippen LogP contribution is 2.03. The Labute approximate surface area is 63.2 Å². The van der Waals surface area contributed by atoms with Gasteiger partial charge in [-0.2, -0.15) is 0 Å². The highest BCUT2D eigenvalue weighted by atomic mass is 14.6. The van der Waals surface area contributed by atoms with Crippen LogP contribution < -0.4 is 0 Å². The summed E-state index contributed by atoms with van der Waals surface area (Å²) in [4.78, 5) is 3.86. The molecule has 1 heteroatoms. The van der Waals surface area contributed by atoms with E-state index in [2.05, 4.69) is 18.5 Å². The fourth-order valence-corrected chi connectivity index (χ4v) is 0.712. The van der Waals surface area contributed by atoms with Crippen LogP contribution in [-0.4, -0.2) is 13.3 Å². The summed E-state index contributed by atoms with van der Waals surface area (Å²) in [5.41, 5.74) is 1.26. The molecule has 0 atom stereocenters. The molecule has 0 aromatic rings. The maximum Gasteiger partial charge on any atom is 0.0277 e. The van der Waals surface area contributed by atoms with E-state index in [-0.39, 0.29) is 0 Å². The lowest BCUT2D eigenvalue weighted by molar-refractivity contribution is 0.928. The van der Waals surface area contributed by atoms with Gasteiger partial charge in [0.15, 0.2) is 0 Å². The predicted molar refractivity (Wildman–Crippen MR) is 47.6 cm³/mol. The third-order valence-corrected chi connectivity index (χ3v) is 1.24. The highest BCUT2D eigenvalue weighted by molar-refractivity contribution is 5.72. The number of aliphatic imine (C=N–C) groups is 1. The predicted octanol–water partition coefficient (Wildman–Crippen LogP) is 2.60. The van der Waals surface area contributed by atoms with E-state index in [1.54, 1.807) is 13.3 Å². The van der Waals surface area contributed by atoms with Crippen LogP contribution in [-0.2, 0) is 0 Å². The smallest absolute Gasteiger partial charge is 0.0277 e. The summed E-state index contributed by atoms with van der Waals surface area (Å²) < 4.78 is 0. The highest BCUT2D eigenvalue weighted by Gasteiger charge is 1.85. The Kier molecular flexibility index (Phi) is 5.74. The van der Waals surface area contributed by atoms with E-state index in [1.807, 2.05) is 12.2 Å².